The molecule has 23 heavy (non-hydrogen) atoms. The summed E-state index contributed by atoms with van der Waals surface area (Å²) < 4.78 is 0. The highest BCUT2D eigenvalue weighted by Crippen LogP contribution is 2.15. The lowest BCUT2D eigenvalue weighted by molar-refractivity contribution is 0.235. The molecule has 1 aliphatic heterocycles. The third-order valence-electron chi connectivity index (χ3n) is 4.29. The van der Waals surface area contributed by atoms with E-state index >= 15 is 0 Å². The standard InChI is InChI=1S/C18H28ClN3O/c1-3-9-22-10-8-16(13-22)12-20-18(23)21-14(2)11-15-4-6-17(19)7-5-15/h4-7,14,16H,3,8-13H2,1-2H3,(H2,20,21,23)/t14-,16+/m0/s1. The van der Waals surface area contributed by atoms with E-state index in [9.17, 15) is 4.79 Å². The fourth-order valence-corrected chi connectivity index (χ4v) is 3.26. The predicted octanol–water partition coefficient (Wildman–Crippen LogP) is 3.30. The molecule has 2 atom stereocenters. The predicted molar refractivity (Wildman–Crippen MR) is 96.0 cm³/mol. The Kier molecular flexibility index (Phi) is 7.18. The molecule has 2 rings (SSSR count). The van der Waals surface area contributed by atoms with Crippen molar-refractivity contribution in [2.24, 2.45) is 5.92 Å². The lowest BCUT2D eigenvalue weighted by Gasteiger charge is -2.17. The van der Waals surface area contributed by atoms with Crippen LogP contribution in [0.1, 0.15) is 32.3 Å². The Morgan fingerprint density at radius 3 is 2.83 bits per heavy atom. The Balaban J connectivity index is 1.65. The molecular formula is C18H28ClN3O. The minimum atomic E-state index is -0.0691. The van der Waals surface area contributed by atoms with Crippen molar-refractivity contribution >= 4 is 17.6 Å². The van der Waals surface area contributed by atoms with Gasteiger partial charge in [-0.25, -0.2) is 4.79 Å². The minimum absolute atomic E-state index is 0.0691. The third-order valence-corrected chi connectivity index (χ3v) is 4.55. The molecule has 5 heteroatoms. The van der Waals surface area contributed by atoms with Crippen LogP contribution in [0.25, 0.3) is 0 Å². The van der Waals surface area contributed by atoms with Gasteiger partial charge in [-0.3, -0.25) is 0 Å². The van der Waals surface area contributed by atoms with E-state index in [2.05, 4.69) is 22.5 Å². The molecule has 128 valence electrons. The summed E-state index contributed by atoms with van der Waals surface area (Å²) in [5, 5.41) is 6.76. The number of halogens is 1. The number of amides is 2. The summed E-state index contributed by atoms with van der Waals surface area (Å²) in [5.41, 5.74) is 1.17. The summed E-state index contributed by atoms with van der Waals surface area (Å²) in [6.07, 6.45) is 3.18. The van der Waals surface area contributed by atoms with Crippen molar-refractivity contribution in [2.45, 2.75) is 39.2 Å². The second-order valence-corrected chi connectivity index (χ2v) is 6.98. The van der Waals surface area contributed by atoms with Gasteiger partial charge >= 0.3 is 6.03 Å². The van der Waals surface area contributed by atoms with Gasteiger partial charge in [0.2, 0.25) is 0 Å². The molecule has 2 amide bonds. The van der Waals surface area contributed by atoms with Gasteiger partial charge in [0, 0.05) is 24.2 Å². The van der Waals surface area contributed by atoms with E-state index in [-0.39, 0.29) is 12.1 Å². The van der Waals surface area contributed by atoms with Crippen LogP contribution in [0.5, 0.6) is 0 Å². The van der Waals surface area contributed by atoms with E-state index < -0.39 is 0 Å². The van der Waals surface area contributed by atoms with Crippen LogP contribution in [-0.4, -0.2) is 43.2 Å². The molecule has 0 aliphatic carbocycles. The zero-order chi connectivity index (χ0) is 16.7. The summed E-state index contributed by atoms with van der Waals surface area (Å²) in [6.45, 7) is 8.43. The smallest absolute Gasteiger partial charge is 0.315 e. The Bertz CT molecular complexity index is 492. The van der Waals surface area contributed by atoms with Gasteiger partial charge in [-0.1, -0.05) is 30.7 Å². The quantitative estimate of drug-likeness (QED) is 0.801. The highest BCUT2D eigenvalue weighted by molar-refractivity contribution is 6.30. The lowest BCUT2D eigenvalue weighted by atomic mass is 10.1. The monoisotopic (exact) mass is 337 g/mol. The summed E-state index contributed by atoms with van der Waals surface area (Å²) >= 11 is 5.88. The van der Waals surface area contributed by atoms with Crippen molar-refractivity contribution in [1.82, 2.24) is 15.5 Å². The molecule has 2 N–H and O–H groups in total. The summed E-state index contributed by atoms with van der Waals surface area (Å²) in [5.74, 6) is 0.582. The van der Waals surface area contributed by atoms with Gasteiger partial charge in [0.25, 0.3) is 0 Å². The molecule has 1 saturated heterocycles. The Hall–Kier alpha value is -1.26. The molecule has 1 aromatic carbocycles. The average Bonchev–Trinajstić information content (AvgIpc) is 2.95. The van der Waals surface area contributed by atoms with Gasteiger partial charge in [0.15, 0.2) is 0 Å². The van der Waals surface area contributed by atoms with Crippen molar-refractivity contribution in [3.63, 3.8) is 0 Å². The first-order valence-corrected chi connectivity index (χ1v) is 8.95. The molecule has 1 aromatic rings. The molecule has 0 spiro atoms. The maximum absolute atomic E-state index is 12.0. The van der Waals surface area contributed by atoms with Gasteiger partial charge in [-0.05, 0) is 62.9 Å². The number of nitrogens with zero attached hydrogens (tertiary/aromatic N) is 1. The molecule has 0 aromatic heterocycles. The van der Waals surface area contributed by atoms with E-state index in [1.165, 1.54) is 24.9 Å². The Morgan fingerprint density at radius 1 is 1.39 bits per heavy atom. The second-order valence-electron chi connectivity index (χ2n) is 6.54. The average molecular weight is 338 g/mol. The zero-order valence-electron chi connectivity index (χ0n) is 14.1. The van der Waals surface area contributed by atoms with E-state index in [4.69, 9.17) is 11.6 Å². The number of nitrogens with one attached hydrogen (secondary N) is 2. The van der Waals surface area contributed by atoms with Crippen LogP contribution in [0.3, 0.4) is 0 Å². The van der Waals surface area contributed by atoms with Gasteiger partial charge in [-0.15, -0.1) is 0 Å². The van der Waals surface area contributed by atoms with Crippen molar-refractivity contribution < 1.29 is 4.79 Å². The Labute approximate surface area is 144 Å². The summed E-state index contributed by atoms with van der Waals surface area (Å²) in [4.78, 5) is 14.5. The molecule has 1 fully saturated rings. The van der Waals surface area contributed by atoms with Gasteiger partial charge in [0.1, 0.15) is 0 Å². The van der Waals surface area contributed by atoms with E-state index in [1.54, 1.807) is 0 Å². The number of rotatable bonds is 7. The van der Waals surface area contributed by atoms with E-state index in [0.29, 0.717) is 5.92 Å². The highest BCUT2D eigenvalue weighted by Gasteiger charge is 2.22. The highest BCUT2D eigenvalue weighted by atomic mass is 35.5. The fourth-order valence-electron chi connectivity index (χ4n) is 3.14. The van der Waals surface area contributed by atoms with Crippen LogP contribution >= 0.6 is 11.6 Å². The normalized spacial score (nSPS) is 19.5. The number of carbonyl (C=O) groups excluding carboxylic acids is 1. The van der Waals surface area contributed by atoms with Crippen molar-refractivity contribution in [2.75, 3.05) is 26.2 Å². The third kappa shape index (κ3) is 6.40. The number of carbonyl (C=O) groups is 1. The van der Waals surface area contributed by atoms with Crippen molar-refractivity contribution in [3.8, 4) is 0 Å². The lowest BCUT2D eigenvalue weighted by Crippen LogP contribution is -2.43. The van der Waals surface area contributed by atoms with Gasteiger partial charge in [-0.2, -0.15) is 0 Å². The molecule has 1 aliphatic rings. The van der Waals surface area contributed by atoms with Crippen LogP contribution < -0.4 is 10.6 Å². The first-order chi connectivity index (χ1) is 11.1. The van der Waals surface area contributed by atoms with E-state index in [1.807, 2.05) is 31.2 Å². The molecule has 0 radical (unpaired) electrons. The van der Waals surface area contributed by atoms with Gasteiger partial charge < -0.3 is 15.5 Å². The first-order valence-electron chi connectivity index (χ1n) is 8.58. The van der Waals surface area contributed by atoms with Crippen LogP contribution in [0.2, 0.25) is 5.02 Å². The molecular weight excluding hydrogens is 310 g/mol. The molecule has 0 unspecified atom stereocenters. The number of hydrogen-bond donors (Lipinski definition) is 2. The fraction of sp³-hybridized carbons (Fsp3) is 0.611. The molecule has 0 saturated carbocycles. The summed E-state index contributed by atoms with van der Waals surface area (Å²) in [6, 6.07) is 7.78. The molecule has 4 nitrogen and oxygen atoms in total. The minimum Gasteiger partial charge on any atom is -0.338 e. The van der Waals surface area contributed by atoms with Crippen LogP contribution in [-0.2, 0) is 6.42 Å². The number of urea groups is 1. The molecule has 1 heterocycles. The SMILES string of the molecule is CCCN1CC[C@H](CNC(=O)N[C@@H](C)Cc2ccc(Cl)cc2)C1. The number of likely N-dealkylation sites (tertiary alicyclic amines) is 1. The second kappa shape index (κ2) is 9.14. The van der Waals surface area contributed by atoms with E-state index in [0.717, 1.165) is 31.1 Å². The topological polar surface area (TPSA) is 44.4 Å². The summed E-state index contributed by atoms with van der Waals surface area (Å²) in [7, 11) is 0. The maximum atomic E-state index is 12.0. The van der Waals surface area contributed by atoms with Crippen LogP contribution in [0.4, 0.5) is 4.79 Å². The van der Waals surface area contributed by atoms with Crippen molar-refractivity contribution in [3.05, 3.63) is 34.9 Å². The van der Waals surface area contributed by atoms with Gasteiger partial charge in [0.05, 0.1) is 0 Å². The molecule has 0 bridgehead atoms. The maximum Gasteiger partial charge on any atom is 0.315 e. The largest absolute Gasteiger partial charge is 0.338 e. The number of benzene rings is 1. The van der Waals surface area contributed by atoms with Crippen LogP contribution in [0, 0.1) is 5.92 Å². The first kappa shape index (κ1) is 18.1. The number of hydrogen-bond acceptors (Lipinski definition) is 2. The zero-order valence-corrected chi connectivity index (χ0v) is 14.9. The van der Waals surface area contributed by atoms with Crippen molar-refractivity contribution in [1.29, 1.82) is 0 Å². The van der Waals surface area contributed by atoms with Crippen LogP contribution in [0.15, 0.2) is 24.3 Å². The Morgan fingerprint density at radius 2 is 2.13 bits per heavy atom.